The molecule has 3 rings (SSSR count). The molecule has 1 aliphatic carbocycles. The van der Waals surface area contributed by atoms with Crippen LogP contribution in [0.3, 0.4) is 0 Å². The molecule has 0 unspecified atom stereocenters. The summed E-state index contributed by atoms with van der Waals surface area (Å²) in [4.78, 5) is 20.0. The molecule has 1 atom stereocenters. The number of hydrogen-bond acceptors (Lipinski definition) is 4. The van der Waals surface area contributed by atoms with Crippen LogP contribution in [0, 0.1) is 0 Å². The molecule has 0 saturated carbocycles. The zero-order valence-corrected chi connectivity index (χ0v) is 12.2. The summed E-state index contributed by atoms with van der Waals surface area (Å²) in [5.74, 6) is 0.703. The molecular weight excluding hydrogens is 278 g/mol. The first-order chi connectivity index (χ1) is 10.8. The SMILES string of the molecule is O=C(NCCNc1cnccn1)N[C@H]1CCc2ccccc21. The second-order valence-corrected chi connectivity index (χ2v) is 5.21. The van der Waals surface area contributed by atoms with Gasteiger partial charge in [-0.1, -0.05) is 24.3 Å². The van der Waals surface area contributed by atoms with E-state index in [1.165, 1.54) is 11.1 Å². The molecule has 6 nitrogen and oxygen atoms in total. The van der Waals surface area contributed by atoms with Gasteiger partial charge < -0.3 is 16.0 Å². The molecule has 1 aromatic carbocycles. The molecule has 6 heteroatoms. The number of rotatable bonds is 5. The number of aryl methyl sites for hydroxylation is 1. The molecule has 0 bridgehead atoms. The Morgan fingerprint density at radius 1 is 1.23 bits per heavy atom. The van der Waals surface area contributed by atoms with Crippen molar-refractivity contribution in [3.05, 3.63) is 54.0 Å². The highest BCUT2D eigenvalue weighted by Crippen LogP contribution is 2.30. The van der Waals surface area contributed by atoms with Crippen molar-refractivity contribution in [1.29, 1.82) is 0 Å². The summed E-state index contributed by atoms with van der Waals surface area (Å²) >= 11 is 0. The fourth-order valence-corrected chi connectivity index (χ4v) is 2.67. The van der Waals surface area contributed by atoms with Crippen LogP contribution in [-0.2, 0) is 6.42 Å². The Kier molecular flexibility index (Phi) is 4.48. The molecule has 0 saturated heterocycles. The van der Waals surface area contributed by atoms with Crippen molar-refractivity contribution in [3.63, 3.8) is 0 Å². The van der Waals surface area contributed by atoms with E-state index in [-0.39, 0.29) is 12.1 Å². The van der Waals surface area contributed by atoms with E-state index >= 15 is 0 Å². The summed E-state index contributed by atoms with van der Waals surface area (Å²) in [5, 5.41) is 8.97. The van der Waals surface area contributed by atoms with Crippen molar-refractivity contribution in [2.45, 2.75) is 18.9 Å². The maximum Gasteiger partial charge on any atom is 0.315 e. The fourth-order valence-electron chi connectivity index (χ4n) is 2.67. The average Bonchev–Trinajstić information content (AvgIpc) is 2.96. The number of amides is 2. The molecule has 1 aromatic heterocycles. The minimum atomic E-state index is -0.136. The second-order valence-electron chi connectivity index (χ2n) is 5.21. The maximum absolute atomic E-state index is 11.9. The minimum Gasteiger partial charge on any atom is -0.367 e. The molecule has 2 amide bonds. The number of fused-ring (bicyclic) bond motifs is 1. The first-order valence-electron chi connectivity index (χ1n) is 7.45. The van der Waals surface area contributed by atoms with Crippen molar-refractivity contribution in [3.8, 4) is 0 Å². The van der Waals surface area contributed by atoms with Gasteiger partial charge in [0, 0.05) is 25.5 Å². The number of urea groups is 1. The molecule has 0 aliphatic heterocycles. The van der Waals surface area contributed by atoms with Crippen LogP contribution in [-0.4, -0.2) is 29.1 Å². The van der Waals surface area contributed by atoms with Crippen LogP contribution in [0.4, 0.5) is 10.6 Å². The van der Waals surface area contributed by atoms with Crippen LogP contribution in [0.5, 0.6) is 0 Å². The first kappa shape index (κ1) is 14.3. The van der Waals surface area contributed by atoms with Crippen molar-refractivity contribution in [2.75, 3.05) is 18.4 Å². The number of nitrogens with one attached hydrogen (secondary N) is 3. The van der Waals surface area contributed by atoms with Gasteiger partial charge >= 0.3 is 6.03 Å². The number of nitrogens with zero attached hydrogens (tertiary/aromatic N) is 2. The fraction of sp³-hybridized carbons (Fsp3) is 0.312. The predicted molar refractivity (Wildman–Crippen MR) is 84.6 cm³/mol. The summed E-state index contributed by atoms with van der Waals surface area (Å²) in [5.41, 5.74) is 2.56. The van der Waals surface area contributed by atoms with Gasteiger partial charge in [0.05, 0.1) is 12.2 Å². The van der Waals surface area contributed by atoms with E-state index < -0.39 is 0 Å². The molecule has 0 fully saturated rings. The van der Waals surface area contributed by atoms with Crippen molar-refractivity contribution >= 4 is 11.8 Å². The largest absolute Gasteiger partial charge is 0.367 e. The van der Waals surface area contributed by atoms with E-state index in [4.69, 9.17) is 0 Å². The third-order valence-corrected chi connectivity index (χ3v) is 3.72. The zero-order chi connectivity index (χ0) is 15.2. The number of carbonyl (C=O) groups excluding carboxylic acids is 1. The van der Waals surface area contributed by atoms with Gasteiger partial charge in [0.25, 0.3) is 0 Å². The average molecular weight is 297 g/mol. The molecule has 3 N–H and O–H groups in total. The van der Waals surface area contributed by atoms with E-state index in [0.717, 1.165) is 12.8 Å². The van der Waals surface area contributed by atoms with Gasteiger partial charge in [-0.2, -0.15) is 0 Å². The van der Waals surface area contributed by atoms with Gasteiger partial charge in [-0.3, -0.25) is 4.98 Å². The Balaban J connectivity index is 1.40. The monoisotopic (exact) mass is 297 g/mol. The van der Waals surface area contributed by atoms with Crippen molar-refractivity contribution in [2.24, 2.45) is 0 Å². The molecule has 1 aliphatic rings. The topological polar surface area (TPSA) is 78.9 Å². The van der Waals surface area contributed by atoms with E-state index in [2.05, 4.69) is 38.1 Å². The van der Waals surface area contributed by atoms with Crippen LogP contribution >= 0.6 is 0 Å². The first-order valence-corrected chi connectivity index (χ1v) is 7.45. The van der Waals surface area contributed by atoms with Crippen LogP contribution in [0.2, 0.25) is 0 Å². The Labute approximate surface area is 129 Å². The van der Waals surface area contributed by atoms with Gasteiger partial charge in [-0.25, -0.2) is 9.78 Å². The van der Waals surface area contributed by atoms with E-state index in [9.17, 15) is 4.79 Å². The lowest BCUT2D eigenvalue weighted by Gasteiger charge is -2.15. The Hall–Kier alpha value is -2.63. The van der Waals surface area contributed by atoms with E-state index in [0.29, 0.717) is 18.9 Å². The number of hydrogen-bond donors (Lipinski definition) is 3. The van der Waals surface area contributed by atoms with Crippen LogP contribution in [0.15, 0.2) is 42.9 Å². The Morgan fingerprint density at radius 3 is 3.00 bits per heavy atom. The highest BCUT2D eigenvalue weighted by molar-refractivity contribution is 5.74. The Bertz CT molecular complexity index is 631. The highest BCUT2D eigenvalue weighted by Gasteiger charge is 2.22. The molecule has 0 spiro atoms. The molecule has 0 radical (unpaired) electrons. The molecule has 114 valence electrons. The van der Waals surface area contributed by atoms with Gasteiger partial charge in [-0.05, 0) is 24.0 Å². The third-order valence-electron chi connectivity index (χ3n) is 3.72. The summed E-state index contributed by atoms with van der Waals surface area (Å²) in [6, 6.07) is 8.25. The third kappa shape index (κ3) is 3.52. The van der Waals surface area contributed by atoms with Gasteiger partial charge in [-0.15, -0.1) is 0 Å². The quantitative estimate of drug-likeness (QED) is 0.736. The summed E-state index contributed by atoms with van der Waals surface area (Å²) in [7, 11) is 0. The molecular formula is C16H19N5O. The number of aromatic nitrogens is 2. The van der Waals surface area contributed by atoms with Crippen LogP contribution < -0.4 is 16.0 Å². The smallest absolute Gasteiger partial charge is 0.315 e. The summed E-state index contributed by atoms with van der Waals surface area (Å²) < 4.78 is 0. The molecule has 1 heterocycles. The van der Waals surface area contributed by atoms with Crippen LogP contribution in [0.25, 0.3) is 0 Å². The molecule has 22 heavy (non-hydrogen) atoms. The van der Waals surface area contributed by atoms with Crippen molar-refractivity contribution < 1.29 is 4.79 Å². The maximum atomic E-state index is 11.9. The lowest BCUT2D eigenvalue weighted by Crippen LogP contribution is -2.39. The van der Waals surface area contributed by atoms with Gasteiger partial charge in [0.15, 0.2) is 0 Å². The standard InChI is InChI=1S/C16H19N5O/c22-16(20-10-9-19-15-11-17-7-8-18-15)21-14-6-5-12-3-1-2-4-13(12)14/h1-4,7-8,11,14H,5-6,9-10H2,(H,18,19)(H2,20,21,22)/t14-/m0/s1. The van der Waals surface area contributed by atoms with Gasteiger partial charge in [0.2, 0.25) is 0 Å². The van der Waals surface area contributed by atoms with E-state index in [1.807, 2.05) is 12.1 Å². The van der Waals surface area contributed by atoms with Crippen molar-refractivity contribution in [1.82, 2.24) is 20.6 Å². The molecule has 2 aromatic rings. The zero-order valence-electron chi connectivity index (χ0n) is 12.2. The minimum absolute atomic E-state index is 0.115. The highest BCUT2D eigenvalue weighted by atomic mass is 16.2. The number of benzene rings is 1. The lowest BCUT2D eigenvalue weighted by atomic mass is 10.1. The number of carbonyl (C=O) groups is 1. The number of anilines is 1. The van der Waals surface area contributed by atoms with Crippen LogP contribution in [0.1, 0.15) is 23.6 Å². The lowest BCUT2D eigenvalue weighted by molar-refractivity contribution is 0.237. The summed E-state index contributed by atoms with van der Waals surface area (Å²) in [6.45, 7) is 1.13. The predicted octanol–water partition coefficient (Wildman–Crippen LogP) is 1.88. The summed E-state index contributed by atoms with van der Waals surface area (Å²) in [6.07, 6.45) is 6.88. The Morgan fingerprint density at radius 2 is 2.14 bits per heavy atom. The second kappa shape index (κ2) is 6.89. The normalized spacial score (nSPS) is 15.9. The van der Waals surface area contributed by atoms with E-state index in [1.54, 1.807) is 18.6 Å². The van der Waals surface area contributed by atoms with Gasteiger partial charge in [0.1, 0.15) is 5.82 Å².